The number of likely N-dealkylation sites (N-methyl/N-ethyl adjacent to an activating group) is 1. The van der Waals surface area contributed by atoms with Crippen molar-refractivity contribution in [2.45, 2.75) is 6.04 Å². The van der Waals surface area contributed by atoms with Crippen LogP contribution in [0.5, 0.6) is 5.75 Å². The number of benzene rings is 2. The molecular weight excluding hydrogens is 352 g/mol. The minimum Gasteiger partial charge on any atom is -0.488 e. The molecule has 1 atom stereocenters. The number of hydrogen-bond donors (Lipinski definition) is 1. The van der Waals surface area contributed by atoms with Crippen LogP contribution in [0.1, 0.15) is 17.2 Å². The molecule has 5 nitrogen and oxygen atoms in total. The van der Waals surface area contributed by atoms with Gasteiger partial charge in [0.25, 0.3) is 5.91 Å². The highest BCUT2D eigenvalue weighted by Crippen LogP contribution is 2.29. The van der Waals surface area contributed by atoms with Crippen molar-refractivity contribution in [1.29, 1.82) is 0 Å². The van der Waals surface area contributed by atoms with Crippen LogP contribution in [0.25, 0.3) is 6.08 Å². The summed E-state index contributed by atoms with van der Waals surface area (Å²) in [5.74, 6) is 0.125. The normalized spacial score (nSPS) is 13.7. The summed E-state index contributed by atoms with van der Waals surface area (Å²) in [6.07, 6.45) is 1.74. The first-order valence-electron chi connectivity index (χ1n) is 8.15. The highest BCUT2D eigenvalue weighted by atomic mass is 35.5. The zero-order valence-corrected chi connectivity index (χ0v) is 15.3. The Hall–Kier alpha value is -2.79. The maximum atomic E-state index is 12.7. The van der Waals surface area contributed by atoms with Crippen molar-refractivity contribution in [3.63, 3.8) is 0 Å². The lowest BCUT2D eigenvalue weighted by atomic mass is 10.0. The molecule has 2 aromatic carbocycles. The highest BCUT2D eigenvalue weighted by molar-refractivity contribution is 6.30. The summed E-state index contributed by atoms with van der Waals surface area (Å²) in [6, 6.07) is 13.6. The number of ether oxygens (including phenoxy) is 1. The molecule has 2 amide bonds. The van der Waals surface area contributed by atoms with Gasteiger partial charge in [-0.15, -0.1) is 0 Å². The second-order valence-electron chi connectivity index (χ2n) is 6.19. The lowest BCUT2D eigenvalue weighted by Gasteiger charge is -2.24. The third kappa shape index (κ3) is 3.89. The average molecular weight is 371 g/mol. The second-order valence-corrected chi connectivity index (χ2v) is 6.63. The average Bonchev–Trinajstić information content (AvgIpc) is 2.65. The maximum absolute atomic E-state index is 12.7. The zero-order valence-electron chi connectivity index (χ0n) is 14.5. The number of hydrogen-bond acceptors (Lipinski definition) is 3. The summed E-state index contributed by atoms with van der Waals surface area (Å²) in [5.41, 5.74) is 1.90. The van der Waals surface area contributed by atoms with Gasteiger partial charge >= 0.3 is 0 Å². The third-order valence-electron chi connectivity index (χ3n) is 4.07. The van der Waals surface area contributed by atoms with Gasteiger partial charge in [-0.25, -0.2) is 0 Å². The van der Waals surface area contributed by atoms with Gasteiger partial charge in [0, 0.05) is 24.7 Å². The van der Waals surface area contributed by atoms with Crippen molar-refractivity contribution in [2.24, 2.45) is 0 Å². The lowest BCUT2D eigenvalue weighted by molar-refractivity contribution is -0.133. The van der Waals surface area contributed by atoms with Crippen LogP contribution in [-0.4, -0.2) is 37.4 Å². The van der Waals surface area contributed by atoms with Gasteiger partial charge < -0.3 is 15.0 Å². The third-order valence-corrected chi connectivity index (χ3v) is 4.31. The summed E-state index contributed by atoms with van der Waals surface area (Å²) >= 11 is 6.01. The number of amides is 2. The van der Waals surface area contributed by atoms with Crippen molar-refractivity contribution < 1.29 is 14.3 Å². The number of rotatable bonds is 4. The molecule has 0 radical (unpaired) electrons. The topological polar surface area (TPSA) is 58.6 Å². The molecule has 6 heteroatoms. The number of carbonyl (C=O) groups excluding carboxylic acids is 2. The summed E-state index contributed by atoms with van der Waals surface area (Å²) in [6.45, 7) is 0.137. The van der Waals surface area contributed by atoms with Gasteiger partial charge in [-0.3, -0.25) is 9.59 Å². The van der Waals surface area contributed by atoms with E-state index in [0.29, 0.717) is 16.3 Å². The van der Waals surface area contributed by atoms with E-state index in [1.54, 1.807) is 38.4 Å². The number of halogens is 1. The number of nitrogens with zero attached hydrogens (tertiary/aromatic N) is 1. The lowest BCUT2D eigenvalue weighted by Crippen LogP contribution is -2.41. The first-order valence-corrected chi connectivity index (χ1v) is 8.53. The standard InChI is InChI=1S/C20H19ClN2O3/c1-23(2)20(25)18(13-6-4-3-5-7-13)22-19(24)15-10-14-11-16(21)8-9-17(14)26-12-15/h3-11,18H,12H2,1-2H3,(H,22,24)/t18-/m1/s1. The molecule has 26 heavy (non-hydrogen) atoms. The Bertz CT molecular complexity index is 863. The van der Waals surface area contributed by atoms with Gasteiger partial charge in [0.1, 0.15) is 18.4 Å². The Kier molecular flexibility index (Phi) is 5.28. The molecule has 1 aliphatic heterocycles. The summed E-state index contributed by atoms with van der Waals surface area (Å²) < 4.78 is 5.62. The Morgan fingerprint density at radius 3 is 2.58 bits per heavy atom. The molecule has 0 aromatic heterocycles. The van der Waals surface area contributed by atoms with Crippen molar-refractivity contribution in [3.8, 4) is 5.75 Å². The van der Waals surface area contributed by atoms with E-state index < -0.39 is 6.04 Å². The van der Waals surface area contributed by atoms with E-state index in [9.17, 15) is 9.59 Å². The Labute approximate surface area is 157 Å². The fourth-order valence-electron chi connectivity index (χ4n) is 2.69. The molecule has 134 valence electrons. The quantitative estimate of drug-likeness (QED) is 0.899. The van der Waals surface area contributed by atoms with E-state index in [1.165, 1.54) is 4.90 Å². The zero-order chi connectivity index (χ0) is 18.7. The first-order chi connectivity index (χ1) is 12.5. The van der Waals surface area contributed by atoms with Gasteiger partial charge in [0.15, 0.2) is 0 Å². The largest absolute Gasteiger partial charge is 0.488 e. The monoisotopic (exact) mass is 370 g/mol. The molecule has 1 N–H and O–H groups in total. The van der Waals surface area contributed by atoms with Crippen LogP contribution in [0, 0.1) is 0 Å². The van der Waals surface area contributed by atoms with E-state index in [4.69, 9.17) is 16.3 Å². The predicted molar refractivity (Wildman–Crippen MR) is 101 cm³/mol. The summed E-state index contributed by atoms with van der Waals surface area (Å²) in [7, 11) is 3.32. The number of nitrogens with one attached hydrogen (secondary N) is 1. The van der Waals surface area contributed by atoms with Crippen LogP contribution in [0.15, 0.2) is 54.1 Å². The molecule has 0 saturated carbocycles. The summed E-state index contributed by atoms with van der Waals surface area (Å²) in [4.78, 5) is 26.7. The van der Waals surface area contributed by atoms with E-state index in [0.717, 1.165) is 11.1 Å². The molecule has 0 saturated heterocycles. The maximum Gasteiger partial charge on any atom is 0.251 e. The van der Waals surface area contributed by atoms with Crippen LogP contribution in [0.3, 0.4) is 0 Å². The van der Waals surface area contributed by atoms with Gasteiger partial charge in [-0.05, 0) is 29.8 Å². The number of carbonyl (C=O) groups is 2. The molecule has 0 bridgehead atoms. The molecule has 0 spiro atoms. The highest BCUT2D eigenvalue weighted by Gasteiger charge is 2.26. The number of fused-ring (bicyclic) bond motifs is 1. The van der Waals surface area contributed by atoms with Crippen molar-refractivity contribution in [1.82, 2.24) is 10.2 Å². The minimum absolute atomic E-state index is 0.137. The fraction of sp³-hybridized carbons (Fsp3) is 0.200. The van der Waals surface area contributed by atoms with Crippen molar-refractivity contribution >= 4 is 29.5 Å². The summed E-state index contributed by atoms with van der Waals surface area (Å²) in [5, 5.41) is 3.38. The molecule has 1 aliphatic rings. The molecule has 1 heterocycles. The van der Waals surface area contributed by atoms with Crippen LogP contribution >= 0.6 is 11.6 Å². The van der Waals surface area contributed by atoms with E-state index in [2.05, 4.69) is 5.32 Å². The van der Waals surface area contributed by atoms with Crippen LogP contribution in [-0.2, 0) is 9.59 Å². The molecule has 0 unspecified atom stereocenters. The Balaban J connectivity index is 1.85. The SMILES string of the molecule is CN(C)C(=O)[C@H](NC(=O)C1=Cc2cc(Cl)ccc2OC1)c1ccccc1. The van der Waals surface area contributed by atoms with E-state index in [1.807, 2.05) is 30.3 Å². The first kappa shape index (κ1) is 18.0. The van der Waals surface area contributed by atoms with Crippen LogP contribution in [0.4, 0.5) is 0 Å². The van der Waals surface area contributed by atoms with Gasteiger partial charge in [-0.1, -0.05) is 41.9 Å². The van der Waals surface area contributed by atoms with E-state index in [-0.39, 0.29) is 18.4 Å². The van der Waals surface area contributed by atoms with Gasteiger partial charge in [0.2, 0.25) is 5.91 Å². The Morgan fingerprint density at radius 1 is 1.15 bits per heavy atom. The second kappa shape index (κ2) is 7.62. The molecule has 2 aromatic rings. The van der Waals surface area contributed by atoms with Gasteiger partial charge in [0.05, 0.1) is 5.57 Å². The van der Waals surface area contributed by atoms with Gasteiger partial charge in [-0.2, -0.15) is 0 Å². The molecule has 0 fully saturated rings. The van der Waals surface area contributed by atoms with E-state index >= 15 is 0 Å². The van der Waals surface area contributed by atoms with Crippen LogP contribution < -0.4 is 10.1 Å². The van der Waals surface area contributed by atoms with Crippen molar-refractivity contribution in [2.75, 3.05) is 20.7 Å². The molecular formula is C20H19ClN2O3. The fourth-order valence-corrected chi connectivity index (χ4v) is 2.88. The molecule has 0 aliphatic carbocycles. The smallest absolute Gasteiger partial charge is 0.251 e. The Morgan fingerprint density at radius 2 is 1.88 bits per heavy atom. The minimum atomic E-state index is -0.764. The molecule has 3 rings (SSSR count). The van der Waals surface area contributed by atoms with Crippen molar-refractivity contribution in [3.05, 3.63) is 70.3 Å². The van der Waals surface area contributed by atoms with Crippen LogP contribution in [0.2, 0.25) is 5.02 Å². The predicted octanol–water partition coefficient (Wildman–Crippen LogP) is 3.06.